The third kappa shape index (κ3) is 4.26. The lowest BCUT2D eigenvalue weighted by atomic mass is 9.33. The van der Waals surface area contributed by atoms with Gasteiger partial charge in [-0.2, -0.15) is 0 Å². The molecule has 0 spiro atoms. The van der Waals surface area contributed by atoms with E-state index in [0.29, 0.717) is 12.3 Å². The summed E-state index contributed by atoms with van der Waals surface area (Å²) in [4.78, 5) is 39.9. The van der Waals surface area contributed by atoms with Gasteiger partial charge in [0.1, 0.15) is 12.2 Å². The quantitative estimate of drug-likeness (QED) is 0.230. The highest BCUT2D eigenvalue weighted by Crippen LogP contribution is 2.75. The van der Waals surface area contributed by atoms with Gasteiger partial charge in [0, 0.05) is 23.7 Å². The standard InChI is InChI=1S/C36H49NO5/c1-10-41-20-19-37-30(40)33(6)16-15-32(5)17-18-35(8)24(25(32)22-33)21-26(39)29-34(7)13-12-28(42-23(2)38)31(3,4)27(34)11-14-36(29,35)9/h1,21,25,27-29H,11-18,22H2,2-9H3,(H,37,40)/t25-,27?,28-,29+,32+,33-,34-,35+,36+/m0/s1. The summed E-state index contributed by atoms with van der Waals surface area (Å²) in [5.74, 6) is 0.285. The average molecular weight is 576 g/mol. The molecule has 1 unspecified atom stereocenters. The van der Waals surface area contributed by atoms with Crippen LogP contribution in [0.5, 0.6) is 0 Å². The third-order valence-electron chi connectivity index (χ3n) is 13.7. The first-order valence-electron chi connectivity index (χ1n) is 15.8. The van der Waals surface area contributed by atoms with Gasteiger partial charge in [0.2, 0.25) is 5.91 Å². The number of allylic oxidation sites excluding steroid dienone is 2. The van der Waals surface area contributed by atoms with Crippen molar-refractivity contribution in [2.45, 2.75) is 119 Å². The van der Waals surface area contributed by atoms with Crippen molar-refractivity contribution in [2.75, 3.05) is 0 Å². The maximum absolute atomic E-state index is 14.5. The number of rotatable bonds is 2. The lowest BCUT2D eigenvalue weighted by Gasteiger charge is -2.70. The van der Waals surface area contributed by atoms with Crippen LogP contribution in [-0.4, -0.2) is 23.8 Å². The van der Waals surface area contributed by atoms with Crippen molar-refractivity contribution in [3.63, 3.8) is 0 Å². The van der Waals surface area contributed by atoms with E-state index in [1.54, 1.807) is 0 Å². The van der Waals surface area contributed by atoms with E-state index in [1.165, 1.54) is 12.5 Å². The van der Waals surface area contributed by atoms with Crippen molar-refractivity contribution < 1.29 is 23.9 Å². The maximum atomic E-state index is 14.5. The Morgan fingerprint density at radius 3 is 2.33 bits per heavy atom. The number of ketones is 1. The second-order valence-corrected chi connectivity index (χ2v) is 16.1. The number of terminal acetylenes is 1. The molecule has 9 atom stereocenters. The molecule has 5 rings (SSSR count). The predicted octanol–water partition coefficient (Wildman–Crippen LogP) is 6.54. The fourth-order valence-electron chi connectivity index (χ4n) is 11.1. The van der Waals surface area contributed by atoms with Gasteiger partial charge in [0.05, 0.1) is 6.04 Å². The molecule has 0 heterocycles. The molecule has 0 aliphatic heterocycles. The number of carbonyl (C=O) groups excluding carboxylic acids is 3. The number of amides is 1. The van der Waals surface area contributed by atoms with Crippen molar-refractivity contribution in [2.24, 2.45) is 50.2 Å². The molecule has 0 saturated heterocycles. The fraction of sp³-hybridized carbons (Fsp3) is 0.750. The van der Waals surface area contributed by atoms with Gasteiger partial charge >= 0.3 is 5.97 Å². The smallest absolute Gasteiger partial charge is 0.302 e. The Morgan fingerprint density at radius 2 is 1.67 bits per heavy atom. The van der Waals surface area contributed by atoms with Gasteiger partial charge in [-0.1, -0.05) is 60.5 Å². The normalized spacial score (nSPS) is 45.1. The molecular weight excluding hydrogens is 526 g/mol. The molecule has 6 heteroatoms. The van der Waals surface area contributed by atoms with Crippen LogP contribution < -0.4 is 5.32 Å². The minimum absolute atomic E-state index is 0.0536. The Kier molecular flexibility index (Phi) is 7.24. The maximum Gasteiger partial charge on any atom is 0.302 e. The number of hydrogen-bond acceptors (Lipinski definition) is 5. The summed E-state index contributed by atoms with van der Waals surface area (Å²) >= 11 is 0. The van der Waals surface area contributed by atoms with E-state index in [9.17, 15) is 14.4 Å². The molecule has 0 bridgehead atoms. The van der Waals surface area contributed by atoms with Crippen LogP contribution in [0.3, 0.4) is 0 Å². The molecule has 1 N–H and O–H groups in total. The minimum atomic E-state index is -0.600. The summed E-state index contributed by atoms with van der Waals surface area (Å²) < 4.78 is 10.5. The van der Waals surface area contributed by atoms with Crippen molar-refractivity contribution in [1.29, 1.82) is 0 Å². The largest absolute Gasteiger partial charge is 0.462 e. The monoisotopic (exact) mass is 575 g/mol. The predicted molar refractivity (Wildman–Crippen MR) is 161 cm³/mol. The molecule has 5 aliphatic carbocycles. The molecule has 0 aromatic heterocycles. The summed E-state index contributed by atoms with van der Waals surface area (Å²) in [6, 6.07) is 2.54. The summed E-state index contributed by atoms with van der Waals surface area (Å²) in [5.41, 5.74) is 0.0412. The summed E-state index contributed by atoms with van der Waals surface area (Å²) in [5, 5.41) is 2.70. The SMILES string of the molecule is C#COC#CNC(=O)[C@@]1(C)CC[C@]2(C)CC[C@]3(C)C(=CC(=O)[C@@H]4[C@@]5(C)CC[C@H](OC(C)=O)C(C)(C)C5CC[C@]43C)[C@@H]2C1. The van der Waals surface area contributed by atoms with E-state index in [4.69, 9.17) is 11.2 Å². The van der Waals surface area contributed by atoms with Crippen LogP contribution in [0.2, 0.25) is 0 Å². The second kappa shape index (κ2) is 9.90. The van der Waals surface area contributed by atoms with Gasteiger partial charge in [0.15, 0.2) is 11.9 Å². The molecular formula is C36H49NO5. The van der Waals surface area contributed by atoms with Crippen LogP contribution in [0.25, 0.3) is 0 Å². The number of hydrogen-bond donors (Lipinski definition) is 1. The third-order valence-corrected chi connectivity index (χ3v) is 13.7. The highest BCUT2D eigenvalue weighted by atomic mass is 16.5. The van der Waals surface area contributed by atoms with E-state index in [0.717, 1.165) is 51.4 Å². The van der Waals surface area contributed by atoms with Crippen molar-refractivity contribution in [3.8, 4) is 24.7 Å². The Balaban J connectivity index is 1.51. The topological polar surface area (TPSA) is 81.7 Å². The zero-order chi connectivity index (χ0) is 30.9. The van der Waals surface area contributed by atoms with E-state index in [-0.39, 0.29) is 62.7 Å². The number of carbonyl (C=O) groups is 3. The van der Waals surface area contributed by atoms with Crippen LogP contribution in [-0.2, 0) is 23.9 Å². The molecule has 228 valence electrons. The molecule has 1 amide bonds. The highest BCUT2D eigenvalue weighted by molar-refractivity contribution is 5.96. The van der Waals surface area contributed by atoms with Gasteiger partial charge in [-0.15, -0.1) is 0 Å². The summed E-state index contributed by atoms with van der Waals surface area (Å²) in [7, 11) is 0. The Labute approximate surface area is 252 Å². The zero-order valence-corrected chi connectivity index (χ0v) is 26.9. The van der Waals surface area contributed by atoms with Crippen molar-refractivity contribution in [1.82, 2.24) is 5.32 Å². The molecule has 0 radical (unpaired) electrons. The Morgan fingerprint density at radius 1 is 0.976 bits per heavy atom. The van der Waals surface area contributed by atoms with E-state index < -0.39 is 5.41 Å². The van der Waals surface area contributed by atoms with Crippen molar-refractivity contribution in [3.05, 3.63) is 11.6 Å². The van der Waals surface area contributed by atoms with Crippen LogP contribution in [0.15, 0.2) is 11.6 Å². The van der Waals surface area contributed by atoms with Crippen LogP contribution in [0, 0.1) is 74.9 Å². The van der Waals surface area contributed by atoms with Crippen LogP contribution in [0.1, 0.15) is 113 Å². The molecule has 42 heavy (non-hydrogen) atoms. The van der Waals surface area contributed by atoms with E-state index in [2.05, 4.69) is 63.7 Å². The summed E-state index contributed by atoms with van der Waals surface area (Å²) in [6.07, 6.45) is 19.5. The summed E-state index contributed by atoms with van der Waals surface area (Å²) in [6.45, 7) is 17.5. The first kappa shape index (κ1) is 30.7. The van der Waals surface area contributed by atoms with Crippen molar-refractivity contribution >= 4 is 17.7 Å². The van der Waals surface area contributed by atoms with Crippen LogP contribution in [0.4, 0.5) is 0 Å². The number of nitrogens with one attached hydrogen (secondary N) is 1. The molecule has 0 aromatic carbocycles. The molecule has 4 saturated carbocycles. The average Bonchev–Trinajstić information content (AvgIpc) is 2.90. The van der Waals surface area contributed by atoms with Crippen LogP contribution >= 0.6 is 0 Å². The Bertz CT molecular complexity index is 1330. The number of ether oxygens (including phenoxy) is 2. The first-order valence-corrected chi connectivity index (χ1v) is 15.8. The fourth-order valence-corrected chi connectivity index (χ4v) is 11.1. The van der Waals surface area contributed by atoms with E-state index in [1.807, 2.05) is 19.1 Å². The molecule has 5 aliphatic rings. The lowest BCUT2D eigenvalue weighted by molar-refractivity contribution is -0.210. The molecule has 6 nitrogen and oxygen atoms in total. The van der Waals surface area contributed by atoms with E-state index >= 15 is 0 Å². The van der Waals surface area contributed by atoms with Gasteiger partial charge in [0.25, 0.3) is 0 Å². The second-order valence-electron chi connectivity index (χ2n) is 16.1. The molecule has 4 fully saturated rings. The zero-order valence-electron chi connectivity index (χ0n) is 26.9. The van der Waals surface area contributed by atoms with Gasteiger partial charge < -0.3 is 9.47 Å². The first-order chi connectivity index (χ1) is 19.5. The minimum Gasteiger partial charge on any atom is -0.462 e. The van der Waals surface area contributed by atoms with Gasteiger partial charge in [-0.3, -0.25) is 19.7 Å². The number of fused-ring (bicyclic) bond motifs is 7. The lowest BCUT2D eigenvalue weighted by Crippen LogP contribution is -2.66. The molecule has 0 aromatic rings. The number of esters is 1. The highest BCUT2D eigenvalue weighted by Gasteiger charge is 2.70. The van der Waals surface area contributed by atoms with Gasteiger partial charge in [-0.25, -0.2) is 0 Å². The Hall–Kier alpha value is -2.73. The van der Waals surface area contributed by atoms with Gasteiger partial charge in [-0.05, 0) is 97.4 Å².